The van der Waals surface area contributed by atoms with E-state index in [9.17, 15) is 10.1 Å². The first-order chi connectivity index (χ1) is 11.7. The van der Waals surface area contributed by atoms with Gasteiger partial charge in [0.15, 0.2) is 0 Å². The fourth-order valence-corrected chi connectivity index (χ4v) is 2.45. The minimum atomic E-state index is -0.144. The maximum absolute atomic E-state index is 11.5. The van der Waals surface area contributed by atoms with Crippen molar-refractivity contribution in [2.75, 3.05) is 5.32 Å². The second-order valence-corrected chi connectivity index (χ2v) is 5.72. The lowest BCUT2D eigenvalue weighted by molar-refractivity contribution is -0.113. The predicted molar refractivity (Wildman–Crippen MR) is 90.7 cm³/mol. The molecule has 1 fully saturated rings. The van der Waals surface area contributed by atoms with E-state index in [2.05, 4.69) is 16.4 Å². The number of ether oxygens (including phenoxy) is 1. The standard InChI is InChI=1S/C19H18N3O2/c1-2-3-18(23)22-15-7-9-19(21-12-15)24-16-8-6-14(11-20)17(10-16)13-4-5-13/h3,6-10,12-13H,2,4-5H2,1H3,(H,22,23). The van der Waals surface area contributed by atoms with Crippen LogP contribution in [0.3, 0.4) is 0 Å². The molecule has 1 radical (unpaired) electrons. The Bertz CT molecular complexity index is 774. The molecule has 0 atom stereocenters. The summed E-state index contributed by atoms with van der Waals surface area (Å²) in [5.74, 6) is 1.44. The summed E-state index contributed by atoms with van der Waals surface area (Å²) in [6.45, 7) is 1.91. The number of nitriles is 1. The second kappa shape index (κ2) is 7.14. The van der Waals surface area contributed by atoms with Crippen molar-refractivity contribution in [1.29, 1.82) is 5.26 Å². The topological polar surface area (TPSA) is 75.0 Å². The Morgan fingerprint density at radius 1 is 1.42 bits per heavy atom. The van der Waals surface area contributed by atoms with Crippen LogP contribution in [0.4, 0.5) is 5.69 Å². The van der Waals surface area contributed by atoms with Gasteiger partial charge in [-0.1, -0.05) is 6.92 Å². The molecular formula is C19H18N3O2. The van der Waals surface area contributed by atoms with E-state index in [0.29, 0.717) is 35.2 Å². The Morgan fingerprint density at radius 2 is 2.25 bits per heavy atom. The van der Waals surface area contributed by atoms with Crippen LogP contribution in [0.1, 0.15) is 43.2 Å². The van der Waals surface area contributed by atoms with Gasteiger partial charge in [-0.05, 0) is 55.0 Å². The lowest BCUT2D eigenvalue weighted by Crippen LogP contribution is -2.11. The highest BCUT2D eigenvalue weighted by Gasteiger charge is 2.26. The molecule has 5 heteroatoms. The third kappa shape index (κ3) is 3.90. The summed E-state index contributed by atoms with van der Waals surface area (Å²) in [5.41, 5.74) is 2.38. The van der Waals surface area contributed by atoms with E-state index in [0.717, 1.165) is 18.4 Å². The highest BCUT2D eigenvalue weighted by molar-refractivity contribution is 5.96. The molecule has 24 heavy (non-hydrogen) atoms. The van der Waals surface area contributed by atoms with Crippen LogP contribution >= 0.6 is 0 Å². The van der Waals surface area contributed by atoms with Crippen molar-refractivity contribution in [3.8, 4) is 17.7 Å². The van der Waals surface area contributed by atoms with Gasteiger partial charge in [0.25, 0.3) is 0 Å². The molecule has 1 aliphatic rings. The van der Waals surface area contributed by atoms with Gasteiger partial charge >= 0.3 is 0 Å². The number of nitrogens with zero attached hydrogens (tertiary/aromatic N) is 2. The molecule has 1 heterocycles. The molecule has 0 aliphatic heterocycles. The summed E-state index contributed by atoms with van der Waals surface area (Å²) in [5, 5.41) is 11.9. The van der Waals surface area contributed by atoms with Crippen molar-refractivity contribution < 1.29 is 9.53 Å². The first-order valence-corrected chi connectivity index (χ1v) is 8.01. The van der Waals surface area contributed by atoms with Gasteiger partial charge in [-0.25, -0.2) is 4.98 Å². The average molecular weight is 320 g/mol. The molecule has 1 N–H and O–H groups in total. The zero-order valence-corrected chi connectivity index (χ0v) is 13.5. The van der Waals surface area contributed by atoms with Crippen molar-refractivity contribution in [2.24, 2.45) is 0 Å². The Balaban J connectivity index is 1.69. The number of hydrogen-bond donors (Lipinski definition) is 1. The fraction of sp³-hybridized carbons (Fsp3) is 0.263. The van der Waals surface area contributed by atoms with Crippen molar-refractivity contribution >= 4 is 11.6 Å². The van der Waals surface area contributed by atoms with Gasteiger partial charge < -0.3 is 10.1 Å². The molecule has 0 saturated heterocycles. The number of benzene rings is 1. The molecule has 1 saturated carbocycles. The maximum Gasteiger partial charge on any atom is 0.228 e. The first-order valence-electron chi connectivity index (χ1n) is 8.01. The van der Waals surface area contributed by atoms with Gasteiger partial charge in [0, 0.05) is 12.5 Å². The normalized spacial score (nSPS) is 13.2. The first kappa shape index (κ1) is 16.0. The van der Waals surface area contributed by atoms with Crippen LogP contribution in [0.5, 0.6) is 11.6 Å². The zero-order chi connectivity index (χ0) is 16.9. The van der Waals surface area contributed by atoms with Crippen LogP contribution in [0.15, 0.2) is 36.5 Å². The van der Waals surface area contributed by atoms with Crippen LogP contribution < -0.4 is 10.1 Å². The van der Waals surface area contributed by atoms with Gasteiger partial charge in [0.2, 0.25) is 11.8 Å². The number of pyridine rings is 1. The van der Waals surface area contributed by atoms with E-state index in [1.807, 2.05) is 13.0 Å². The molecule has 1 amide bonds. The van der Waals surface area contributed by atoms with E-state index in [4.69, 9.17) is 4.74 Å². The van der Waals surface area contributed by atoms with Crippen molar-refractivity contribution in [1.82, 2.24) is 4.98 Å². The van der Waals surface area contributed by atoms with Gasteiger partial charge in [-0.2, -0.15) is 5.26 Å². The van der Waals surface area contributed by atoms with Crippen LogP contribution in [0.2, 0.25) is 0 Å². The minimum Gasteiger partial charge on any atom is -0.439 e. The Morgan fingerprint density at radius 3 is 2.88 bits per heavy atom. The van der Waals surface area contributed by atoms with E-state index < -0.39 is 0 Å². The van der Waals surface area contributed by atoms with E-state index in [1.54, 1.807) is 36.9 Å². The largest absolute Gasteiger partial charge is 0.439 e. The predicted octanol–water partition coefficient (Wildman–Crippen LogP) is 4.18. The molecule has 0 unspecified atom stereocenters. The summed E-state index contributed by atoms with van der Waals surface area (Å²) < 4.78 is 5.76. The maximum atomic E-state index is 11.5. The lowest BCUT2D eigenvalue weighted by atomic mass is 10.0. The van der Waals surface area contributed by atoms with Crippen molar-refractivity contribution in [2.45, 2.75) is 32.1 Å². The zero-order valence-electron chi connectivity index (χ0n) is 13.5. The molecule has 0 spiro atoms. The van der Waals surface area contributed by atoms with Crippen molar-refractivity contribution in [3.63, 3.8) is 0 Å². The summed E-state index contributed by atoms with van der Waals surface area (Å²) in [7, 11) is 0. The summed E-state index contributed by atoms with van der Waals surface area (Å²) >= 11 is 0. The number of aromatic nitrogens is 1. The van der Waals surface area contributed by atoms with Crippen LogP contribution in [-0.4, -0.2) is 10.9 Å². The smallest absolute Gasteiger partial charge is 0.228 e. The number of carbonyl (C=O) groups is 1. The number of anilines is 1. The molecule has 1 aromatic heterocycles. The molecule has 0 bridgehead atoms. The molecule has 121 valence electrons. The van der Waals surface area contributed by atoms with Gasteiger partial charge in [-0.15, -0.1) is 0 Å². The number of amides is 1. The van der Waals surface area contributed by atoms with Crippen LogP contribution in [0, 0.1) is 17.8 Å². The SMILES string of the molecule is CC[CH]C(=O)Nc1ccc(Oc2ccc(C#N)c(C3CC3)c2)nc1. The molecule has 1 aromatic carbocycles. The third-order valence-electron chi connectivity index (χ3n) is 3.78. The summed E-state index contributed by atoms with van der Waals surface area (Å²) in [6.07, 6.45) is 6.06. The monoisotopic (exact) mass is 320 g/mol. The second-order valence-electron chi connectivity index (χ2n) is 5.72. The molecular weight excluding hydrogens is 302 g/mol. The molecule has 5 nitrogen and oxygen atoms in total. The molecule has 2 aromatic rings. The highest BCUT2D eigenvalue weighted by Crippen LogP contribution is 2.43. The Labute approximate surface area is 141 Å². The average Bonchev–Trinajstić information content (AvgIpc) is 3.42. The molecule has 1 aliphatic carbocycles. The van der Waals surface area contributed by atoms with Crippen molar-refractivity contribution in [3.05, 3.63) is 54.1 Å². The number of carbonyl (C=O) groups excluding carboxylic acids is 1. The van der Waals surface area contributed by atoms with Crippen LogP contribution in [0.25, 0.3) is 0 Å². The summed E-state index contributed by atoms with van der Waals surface area (Å²) in [6, 6.07) is 11.2. The van der Waals surface area contributed by atoms with Gasteiger partial charge in [-0.3, -0.25) is 4.79 Å². The number of rotatable bonds is 6. The van der Waals surface area contributed by atoms with Gasteiger partial charge in [0.05, 0.1) is 23.5 Å². The van der Waals surface area contributed by atoms with E-state index >= 15 is 0 Å². The van der Waals surface area contributed by atoms with E-state index in [1.165, 1.54) is 0 Å². The third-order valence-corrected chi connectivity index (χ3v) is 3.78. The molecule has 3 rings (SSSR count). The van der Waals surface area contributed by atoms with Crippen LogP contribution in [-0.2, 0) is 4.79 Å². The fourth-order valence-electron chi connectivity index (χ4n) is 2.45. The highest BCUT2D eigenvalue weighted by atomic mass is 16.5. The minimum absolute atomic E-state index is 0.144. The van der Waals surface area contributed by atoms with E-state index in [-0.39, 0.29) is 5.91 Å². The lowest BCUT2D eigenvalue weighted by Gasteiger charge is -2.09. The number of hydrogen-bond acceptors (Lipinski definition) is 4. The quantitative estimate of drug-likeness (QED) is 0.866. The summed E-state index contributed by atoms with van der Waals surface area (Å²) in [4.78, 5) is 15.7. The Hall–Kier alpha value is -2.87. The number of nitrogens with one attached hydrogen (secondary N) is 1. The van der Waals surface area contributed by atoms with Gasteiger partial charge in [0.1, 0.15) is 5.75 Å². The Kier molecular flexibility index (Phi) is 4.76.